The van der Waals surface area contributed by atoms with Crippen LogP contribution in [0.1, 0.15) is 5.56 Å². The summed E-state index contributed by atoms with van der Waals surface area (Å²) < 4.78 is 15.6. The smallest absolute Gasteiger partial charge is 0.264 e. The molecule has 17 heavy (non-hydrogen) atoms. The van der Waals surface area contributed by atoms with Gasteiger partial charge in [0.2, 0.25) is 0 Å². The van der Waals surface area contributed by atoms with Crippen LogP contribution >= 0.6 is 34.2 Å². The van der Waals surface area contributed by atoms with Crippen LogP contribution in [0.3, 0.4) is 0 Å². The highest BCUT2D eigenvalue weighted by molar-refractivity contribution is 14.1. The van der Waals surface area contributed by atoms with Crippen molar-refractivity contribution >= 4 is 34.2 Å². The third-order valence-electron chi connectivity index (χ3n) is 2.32. The lowest BCUT2D eigenvalue weighted by atomic mass is 10.2. The van der Waals surface area contributed by atoms with Crippen molar-refractivity contribution in [2.75, 3.05) is 0 Å². The van der Waals surface area contributed by atoms with E-state index in [0.717, 1.165) is 0 Å². The van der Waals surface area contributed by atoms with Gasteiger partial charge in [-0.1, -0.05) is 11.6 Å². The number of rotatable bonds is 2. The van der Waals surface area contributed by atoms with Gasteiger partial charge in [0.05, 0.1) is 10.1 Å². The van der Waals surface area contributed by atoms with Crippen molar-refractivity contribution in [2.45, 2.75) is 6.54 Å². The van der Waals surface area contributed by atoms with Gasteiger partial charge in [-0.25, -0.2) is 4.39 Å². The number of hydrogen-bond acceptors (Lipinski definition) is 1. The molecule has 0 saturated carbocycles. The van der Waals surface area contributed by atoms with E-state index in [-0.39, 0.29) is 17.9 Å². The molecule has 0 spiro atoms. The molecule has 0 N–H and O–H groups in total. The highest BCUT2D eigenvalue weighted by atomic mass is 127. The molecule has 0 fully saturated rings. The first kappa shape index (κ1) is 12.6. The van der Waals surface area contributed by atoms with Gasteiger partial charge in [-0.2, -0.15) is 0 Å². The summed E-state index contributed by atoms with van der Waals surface area (Å²) in [6.45, 7) is 0.183. The molecular formula is C12H8ClFINO. The van der Waals surface area contributed by atoms with E-state index in [9.17, 15) is 9.18 Å². The Bertz CT molecular complexity index is 612. The van der Waals surface area contributed by atoms with Crippen LogP contribution in [0.25, 0.3) is 0 Å². The summed E-state index contributed by atoms with van der Waals surface area (Å²) >= 11 is 7.75. The molecule has 0 bridgehead atoms. The fourth-order valence-electron chi connectivity index (χ4n) is 1.48. The van der Waals surface area contributed by atoms with Crippen LogP contribution in [0.4, 0.5) is 4.39 Å². The van der Waals surface area contributed by atoms with E-state index in [1.54, 1.807) is 18.3 Å². The number of aromatic nitrogens is 1. The monoisotopic (exact) mass is 363 g/mol. The van der Waals surface area contributed by atoms with E-state index < -0.39 is 0 Å². The van der Waals surface area contributed by atoms with Gasteiger partial charge in [-0.05, 0) is 52.9 Å². The van der Waals surface area contributed by atoms with E-state index >= 15 is 0 Å². The number of hydrogen-bond donors (Lipinski definition) is 0. The molecule has 1 aromatic carbocycles. The maximum Gasteiger partial charge on any atom is 0.264 e. The Hall–Kier alpha value is -0.880. The van der Waals surface area contributed by atoms with Crippen molar-refractivity contribution in [1.82, 2.24) is 4.57 Å². The molecular weight excluding hydrogens is 355 g/mol. The van der Waals surface area contributed by atoms with Crippen LogP contribution in [-0.4, -0.2) is 4.57 Å². The van der Waals surface area contributed by atoms with Gasteiger partial charge >= 0.3 is 0 Å². The highest BCUT2D eigenvalue weighted by Gasteiger charge is 2.06. The summed E-state index contributed by atoms with van der Waals surface area (Å²) in [6.07, 6.45) is 1.63. The summed E-state index contributed by atoms with van der Waals surface area (Å²) in [7, 11) is 0. The molecule has 0 amide bonds. The first-order chi connectivity index (χ1) is 8.08. The molecule has 0 unspecified atom stereocenters. The van der Waals surface area contributed by atoms with Gasteiger partial charge in [0.15, 0.2) is 0 Å². The maximum absolute atomic E-state index is 13.5. The lowest BCUT2D eigenvalue weighted by Gasteiger charge is -2.07. The summed E-state index contributed by atoms with van der Waals surface area (Å²) in [5.74, 6) is -0.361. The maximum atomic E-state index is 13.5. The average Bonchev–Trinajstić information content (AvgIpc) is 2.30. The van der Waals surface area contributed by atoms with Crippen molar-refractivity contribution in [2.24, 2.45) is 0 Å². The van der Waals surface area contributed by atoms with Crippen molar-refractivity contribution in [3.05, 3.63) is 66.9 Å². The van der Waals surface area contributed by atoms with Crippen LogP contribution in [0.2, 0.25) is 5.02 Å². The number of pyridine rings is 1. The summed E-state index contributed by atoms with van der Waals surface area (Å²) in [5.41, 5.74) is 0.272. The molecule has 0 aliphatic carbocycles. The zero-order chi connectivity index (χ0) is 12.4. The van der Waals surface area contributed by atoms with Gasteiger partial charge in [0.1, 0.15) is 5.82 Å². The number of nitrogens with zero attached hydrogens (tertiary/aromatic N) is 1. The standard InChI is InChI=1S/C12H8ClFINO/c13-9-3-4-10(14)8(6-9)7-16-5-1-2-11(15)12(16)17/h1-6H,7H2. The fourth-order valence-corrected chi connectivity index (χ4v) is 2.19. The first-order valence-electron chi connectivity index (χ1n) is 4.87. The molecule has 0 aliphatic heterocycles. The molecule has 1 aromatic heterocycles. The van der Waals surface area contributed by atoms with Crippen LogP contribution in [-0.2, 0) is 6.54 Å². The second-order valence-electron chi connectivity index (χ2n) is 3.52. The molecule has 2 nitrogen and oxygen atoms in total. The Morgan fingerprint density at radius 3 is 2.88 bits per heavy atom. The van der Waals surface area contributed by atoms with E-state index in [4.69, 9.17) is 11.6 Å². The quantitative estimate of drug-likeness (QED) is 0.751. The molecule has 88 valence electrons. The fraction of sp³-hybridized carbons (Fsp3) is 0.0833. The number of halogens is 3. The van der Waals surface area contributed by atoms with E-state index in [1.807, 2.05) is 22.6 Å². The predicted molar refractivity (Wildman–Crippen MR) is 73.9 cm³/mol. The molecule has 0 saturated heterocycles. The van der Waals surface area contributed by atoms with Gasteiger partial charge in [-0.15, -0.1) is 0 Å². The average molecular weight is 364 g/mol. The molecule has 0 aliphatic rings. The van der Waals surface area contributed by atoms with Crippen molar-refractivity contribution < 1.29 is 4.39 Å². The predicted octanol–water partition coefficient (Wildman–Crippen LogP) is 3.29. The normalized spacial score (nSPS) is 10.5. The number of benzene rings is 1. The van der Waals surface area contributed by atoms with Gasteiger partial charge in [0.25, 0.3) is 5.56 Å². The molecule has 5 heteroatoms. The molecule has 1 heterocycles. The lowest BCUT2D eigenvalue weighted by molar-refractivity contribution is 0.596. The molecule has 2 aromatic rings. The van der Waals surface area contributed by atoms with E-state index in [2.05, 4.69) is 0 Å². The largest absolute Gasteiger partial charge is 0.310 e. The third kappa shape index (κ3) is 2.87. The third-order valence-corrected chi connectivity index (χ3v) is 3.38. The highest BCUT2D eigenvalue weighted by Crippen LogP contribution is 2.15. The van der Waals surface area contributed by atoms with E-state index in [1.165, 1.54) is 22.8 Å². The topological polar surface area (TPSA) is 22.0 Å². The Balaban J connectivity index is 2.41. The zero-order valence-corrected chi connectivity index (χ0v) is 11.6. The molecule has 2 rings (SSSR count). The van der Waals surface area contributed by atoms with Gasteiger partial charge < -0.3 is 4.57 Å². The minimum absolute atomic E-state index is 0.132. The SMILES string of the molecule is O=c1c(I)cccn1Cc1cc(Cl)ccc1F. The second kappa shape index (κ2) is 5.18. The van der Waals surface area contributed by atoms with Crippen LogP contribution in [0, 0.1) is 9.39 Å². The first-order valence-corrected chi connectivity index (χ1v) is 6.32. The Kier molecular flexibility index (Phi) is 3.83. The van der Waals surface area contributed by atoms with Crippen LogP contribution in [0.5, 0.6) is 0 Å². The van der Waals surface area contributed by atoms with Gasteiger partial charge in [0, 0.05) is 16.8 Å². The second-order valence-corrected chi connectivity index (χ2v) is 5.12. The van der Waals surface area contributed by atoms with Gasteiger partial charge in [-0.3, -0.25) is 4.79 Å². The van der Waals surface area contributed by atoms with Crippen molar-refractivity contribution in [3.8, 4) is 0 Å². The van der Waals surface area contributed by atoms with Crippen LogP contribution < -0.4 is 5.56 Å². The van der Waals surface area contributed by atoms with Crippen molar-refractivity contribution in [3.63, 3.8) is 0 Å². The lowest BCUT2D eigenvalue weighted by Crippen LogP contribution is -2.22. The molecule has 0 atom stereocenters. The minimum Gasteiger partial charge on any atom is -0.310 e. The zero-order valence-electron chi connectivity index (χ0n) is 8.66. The van der Waals surface area contributed by atoms with Crippen molar-refractivity contribution in [1.29, 1.82) is 0 Å². The Morgan fingerprint density at radius 2 is 2.12 bits per heavy atom. The van der Waals surface area contributed by atoms with Crippen LogP contribution in [0.15, 0.2) is 41.3 Å². The Morgan fingerprint density at radius 1 is 1.35 bits per heavy atom. The molecule has 0 radical (unpaired) electrons. The van der Waals surface area contributed by atoms with E-state index in [0.29, 0.717) is 14.2 Å². The summed E-state index contributed by atoms with van der Waals surface area (Å²) in [6, 6.07) is 7.79. The minimum atomic E-state index is -0.361. The summed E-state index contributed by atoms with van der Waals surface area (Å²) in [4.78, 5) is 11.8. The summed E-state index contributed by atoms with van der Waals surface area (Å²) in [5, 5.41) is 0.458. The Labute approximate surface area is 116 Å².